The fourth-order valence-electron chi connectivity index (χ4n) is 2.45. The van der Waals surface area contributed by atoms with E-state index < -0.39 is 0 Å². The molecule has 4 nitrogen and oxygen atoms in total. The number of pyridine rings is 1. The van der Waals surface area contributed by atoms with Crippen molar-refractivity contribution in [1.82, 2.24) is 9.38 Å². The van der Waals surface area contributed by atoms with E-state index in [2.05, 4.69) is 4.98 Å². The fraction of sp³-hybridized carbons (Fsp3) is 0.0625. The van der Waals surface area contributed by atoms with Crippen LogP contribution in [-0.2, 0) is 0 Å². The molecule has 4 heteroatoms. The van der Waals surface area contributed by atoms with Gasteiger partial charge in [-0.15, -0.1) is 0 Å². The Bertz CT molecular complexity index is 900. The number of hydrogen-bond acceptors (Lipinski definition) is 3. The van der Waals surface area contributed by atoms with Crippen LogP contribution < -0.4 is 5.73 Å². The van der Waals surface area contributed by atoms with Gasteiger partial charge in [0.1, 0.15) is 22.7 Å². The van der Waals surface area contributed by atoms with E-state index in [1.165, 1.54) is 0 Å². The van der Waals surface area contributed by atoms with Gasteiger partial charge >= 0.3 is 0 Å². The summed E-state index contributed by atoms with van der Waals surface area (Å²) in [5.74, 6) is 1.30. The summed E-state index contributed by atoms with van der Waals surface area (Å²) in [6.45, 7) is 2.03. The Labute approximate surface area is 115 Å². The smallest absolute Gasteiger partial charge is 0.157 e. The lowest BCUT2D eigenvalue weighted by Gasteiger charge is -1.97. The third-order valence-corrected chi connectivity index (χ3v) is 3.48. The number of para-hydroxylation sites is 1. The lowest BCUT2D eigenvalue weighted by molar-refractivity contribution is 0.629. The van der Waals surface area contributed by atoms with Gasteiger partial charge in [-0.3, -0.25) is 4.40 Å². The lowest BCUT2D eigenvalue weighted by atomic mass is 10.2. The van der Waals surface area contributed by atoms with Crippen molar-refractivity contribution in [3.05, 3.63) is 54.2 Å². The Morgan fingerprint density at radius 3 is 2.85 bits per heavy atom. The summed E-state index contributed by atoms with van der Waals surface area (Å²) in [6, 6.07) is 13.9. The zero-order chi connectivity index (χ0) is 13.7. The van der Waals surface area contributed by atoms with Crippen molar-refractivity contribution < 1.29 is 4.42 Å². The van der Waals surface area contributed by atoms with Crippen molar-refractivity contribution in [3.63, 3.8) is 0 Å². The summed E-state index contributed by atoms with van der Waals surface area (Å²) in [6.07, 6.45) is 1.93. The van der Waals surface area contributed by atoms with Crippen LogP contribution in [0.2, 0.25) is 0 Å². The van der Waals surface area contributed by atoms with Crippen molar-refractivity contribution in [2.24, 2.45) is 0 Å². The van der Waals surface area contributed by atoms with Crippen LogP contribution in [0.1, 0.15) is 5.56 Å². The molecular weight excluding hydrogens is 250 g/mol. The Balaban J connectivity index is 1.99. The third-order valence-electron chi connectivity index (χ3n) is 3.48. The topological polar surface area (TPSA) is 56.5 Å². The molecule has 3 aromatic heterocycles. The molecule has 0 saturated heterocycles. The quantitative estimate of drug-likeness (QED) is 0.570. The third kappa shape index (κ3) is 1.51. The summed E-state index contributed by atoms with van der Waals surface area (Å²) in [5, 5.41) is 1.05. The van der Waals surface area contributed by atoms with Crippen LogP contribution in [0.4, 0.5) is 5.82 Å². The number of hydrogen-bond donors (Lipinski definition) is 1. The number of fused-ring (bicyclic) bond motifs is 2. The van der Waals surface area contributed by atoms with E-state index in [-0.39, 0.29) is 0 Å². The van der Waals surface area contributed by atoms with Crippen LogP contribution in [0.25, 0.3) is 28.1 Å². The van der Waals surface area contributed by atoms with Crippen LogP contribution in [-0.4, -0.2) is 9.38 Å². The summed E-state index contributed by atoms with van der Waals surface area (Å²) < 4.78 is 7.71. The maximum Gasteiger partial charge on any atom is 0.157 e. The predicted molar refractivity (Wildman–Crippen MR) is 79.5 cm³/mol. The van der Waals surface area contributed by atoms with E-state index in [9.17, 15) is 0 Å². The summed E-state index contributed by atoms with van der Waals surface area (Å²) in [7, 11) is 0. The van der Waals surface area contributed by atoms with Crippen molar-refractivity contribution in [1.29, 1.82) is 0 Å². The van der Waals surface area contributed by atoms with E-state index >= 15 is 0 Å². The summed E-state index contributed by atoms with van der Waals surface area (Å²) >= 11 is 0. The SMILES string of the molecule is Cc1ccn2c(N)c(-c3cc4ccccc4o3)nc2c1. The second kappa shape index (κ2) is 3.87. The fourth-order valence-corrected chi connectivity index (χ4v) is 2.45. The number of benzene rings is 1. The normalized spacial score (nSPS) is 11.4. The molecule has 0 fully saturated rings. The predicted octanol–water partition coefficient (Wildman–Crippen LogP) is 3.64. The lowest BCUT2D eigenvalue weighted by Crippen LogP contribution is -1.93. The van der Waals surface area contributed by atoms with Gasteiger partial charge in [0, 0.05) is 11.6 Å². The number of imidazole rings is 1. The van der Waals surface area contributed by atoms with Gasteiger partial charge in [0.25, 0.3) is 0 Å². The minimum atomic E-state index is 0.596. The molecule has 0 radical (unpaired) electrons. The molecule has 0 unspecified atom stereocenters. The highest BCUT2D eigenvalue weighted by Gasteiger charge is 2.15. The number of nitrogens with two attached hydrogens (primary N) is 1. The minimum absolute atomic E-state index is 0.596. The van der Waals surface area contributed by atoms with Crippen LogP contribution in [0.5, 0.6) is 0 Å². The van der Waals surface area contributed by atoms with Crippen molar-refractivity contribution in [2.45, 2.75) is 6.92 Å². The maximum absolute atomic E-state index is 6.18. The first kappa shape index (κ1) is 11.1. The van der Waals surface area contributed by atoms with Gasteiger partial charge in [-0.2, -0.15) is 0 Å². The van der Waals surface area contributed by atoms with Gasteiger partial charge < -0.3 is 10.2 Å². The van der Waals surface area contributed by atoms with Crippen molar-refractivity contribution >= 4 is 22.4 Å². The van der Waals surface area contributed by atoms with E-state index in [0.717, 1.165) is 22.2 Å². The summed E-state index contributed by atoms with van der Waals surface area (Å²) in [5.41, 5.74) is 9.70. The average Bonchev–Trinajstić information content (AvgIpc) is 3.00. The van der Waals surface area contributed by atoms with E-state index in [1.807, 2.05) is 60.0 Å². The number of aryl methyl sites for hydroxylation is 1. The summed E-state index contributed by atoms with van der Waals surface area (Å²) in [4.78, 5) is 4.58. The van der Waals surface area contributed by atoms with Gasteiger partial charge in [0.05, 0.1) is 0 Å². The molecule has 1 aromatic carbocycles. The van der Waals surface area contributed by atoms with E-state index in [4.69, 9.17) is 10.2 Å². The number of furan rings is 1. The van der Waals surface area contributed by atoms with Gasteiger partial charge in [-0.05, 0) is 36.8 Å². The number of anilines is 1. The zero-order valence-electron chi connectivity index (χ0n) is 11.0. The Morgan fingerprint density at radius 1 is 1.15 bits per heavy atom. The van der Waals surface area contributed by atoms with Crippen LogP contribution in [0.3, 0.4) is 0 Å². The molecule has 0 aliphatic heterocycles. The van der Waals surface area contributed by atoms with Gasteiger partial charge in [-0.25, -0.2) is 4.98 Å². The highest BCUT2D eigenvalue weighted by molar-refractivity contribution is 5.84. The molecule has 0 saturated carbocycles. The highest BCUT2D eigenvalue weighted by Crippen LogP contribution is 2.31. The molecule has 0 atom stereocenters. The number of nitrogens with zero attached hydrogens (tertiary/aromatic N) is 2. The molecule has 0 aliphatic carbocycles. The first-order valence-electron chi connectivity index (χ1n) is 6.45. The Hall–Kier alpha value is -2.75. The minimum Gasteiger partial charge on any atom is -0.454 e. The number of nitrogen functional groups attached to an aromatic ring is 1. The molecule has 0 aliphatic rings. The van der Waals surface area contributed by atoms with Crippen LogP contribution >= 0.6 is 0 Å². The maximum atomic E-state index is 6.18. The van der Waals surface area contributed by atoms with E-state index in [0.29, 0.717) is 17.3 Å². The standard InChI is InChI=1S/C16H13N3O/c1-10-6-7-19-14(8-10)18-15(16(19)17)13-9-11-4-2-3-5-12(11)20-13/h2-9H,17H2,1H3. The molecule has 0 amide bonds. The second-order valence-electron chi connectivity index (χ2n) is 4.93. The average molecular weight is 263 g/mol. The molecule has 4 aromatic rings. The van der Waals surface area contributed by atoms with Gasteiger partial charge in [-0.1, -0.05) is 18.2 Å². The number of rotatable bonds is 1. The Morgan fingerprint density at radius 2 is 2.00 bits per heavy atom. The molecule has 2 N–H and O–H groups in total. The van der Waals surface area contributed by atoms with Crippen molar-refractivity contribution in [3.8, 4) is 11.5 Å². The molecular formula is C16H13N3O. The molecule has 0 spiro atoms. The molecule has 0 bridgehead atoms. The van der Waals surface area contributed by atoms with Gasteiger partial charge in [0.15, 0.2) is 5.76 Å². The molecule has 3 heterocycles. The molecule has 98 valence electrons. The number of aromatic nitrogens is 2. The Kier molecular flexibility index (Phi) is 2.15. The monoisotopic (exact) mass is 263 g/mol. The van der Waals surface area contributed by atoms with E-state index in [1.54, 1.807) is 0 Å². The molecule has 20 heavy (non-hydrogen) atoms. The second-order valence-corrected chi connectivity index (χ2v) is 4.93. The molecule has 4 rings (SSSR count). The van der Waals surface area contributed by atoms with Crippen molar-refractivity contribution in [2.75, 3.05) is 5.73 Å². The largest absolute Gasteiger partial charge is 0.454 e. The van der Waals surface area contributed by atoms with Gasteiger partial charge in [0.2, 0.25) is 0 Å². The van der Waals surface area contributed by atoms with Crippen LogP contribution in [0, 0.1) is 6.92 Å². The first-order chi connectivity index (χ1) is 9.72. The zero-order valence-corrected chi connectivity index (χ0v) is 11.0. The first-order valence-corrected chi connectivity index (χ1v) is 6.45. The van der Waals surface area contributed by atoms with Crippen LogP contribution in [0.15, 0.2) is 53.1 Å². The highest BCUT2D eigenvalue weighted by atomic mass is 16.3.